The summed E-state index contributed by atoms with van der Waals surface area (Å²) in [5, 5.41) is 3.34. The van der Waals surface area contributed by atoms with Gasteiger partial charge in [-0.3, -0.25) is 4.98 Å². The van der Waals surface area contributed by atoms with Crippen LogP contribution in [-0.4, -0.2) is 18.6 Å². The zero-order chi connectivity index (χ0) is 14.4. The van der Waals surface area contributed by atoms with Crippen LogP contribution in [0.2, 0.25) is 0 Å². The van der Waals surface area contributed by atoms with Gasteiger partial charge in [0.15, 0.2) is 0 Å². The normalized spacial score (nSPS) is 10.6. The number of benzene rings is 1. The predicted molar refractivity (Wildman–Crippen MR) is 78.2 cm³/mol. The van der Waals surface area contributed by atoms with Gasteiger partial charge < -0.3 is 10.1 Å². The SMILES string of the molecule is CCCNCc1cc(OC)ccc1-c1ccncc1F. The summed E-state index contributed by atoms with van der Waals surface area (Å²) < 4.78 is 19.2. The van der Waals surface area contributed by atoms with E-state index in [4.69, 9.17) is 4.74 Å². The summed E-state index contributed by atoms with van der Waals surface area (Å²) in [4.78, 5) is 3.79. The minimum absolute atomic E-state index is 0.311. The van der Waals surface area contributed by atoms with E-state index >= 15 is 0 Å². The Morgan fingerprint density at radius 2 is 2.10 bits per heavy atom. The summed E-state index contributed by atoms with van der Waals surface area (Å²) in [6.07, 6.45) is 3.90. The van der Waals surface area contributed by atoms with Crippen LogP contribution in [0.25, 0.3) is 11.1 Å². The molecule has 0 radical (unpaired) electrons. The number of ether oxygens (including phenoxy) is 1. The molecule has 0 spiro atoms. The van der Waals surface area contributed by atoms with Gasteiger partial charge in [-0.1, -0.05) is 13.0 Å². The highest BCUT2D eigenvalue weighted by molar-refractivity contribution is 5.68. The van der Waals surface area contributed by atoms with Crippen molar-refractivity contribution in [1.29, 1.82) is 0 Å². The van der Waals surface area contributed by atoms with Crippen molar-refractivity contribution in [3.05, 3.63) is 48.0 Å². The smallest absolute Gasteiger partial charge is 0.149 e. The molecule has 0 aliphatic carbocycles. The molecule has 106 valence electrons. The van der Waals surface area contributed by atoms with Crippen LogP contribution in [-0.2, 0) is 6.54 Å². The van der Waals surface area contributed by atoms with Crippen molar-refractivity contribution in [2.45, 2.75) is 19.9 Å². The first-order valence-corrected chi connectivity index (χ1v) is 6.73. The monoisotopic (exact) mass is 274 g/mol. The number of hydrogen-bond donors (Lipinski definition) is 1. The van der Waals surface area contributed by atoms with E-state index in [0.29, 0.717) is 12.1 Å². The van der Waals surface area contributed by atoms with Crippen LogP contribution in [0.1, 0.15) is 18.9 Å². The molecule has 1 aromatic heterocycles. The van der Waals surface area contributed by atoms with Crippen molar-refractivity contribution in [3.63, 3.8) is 0 Å². The van der Waals surface area contributed by atoms with E-state index in [0.717, 1.165) is 29.8 Å². The molecule has 0 unspecified atom stereocenters. The van der Waals surface area contributed by atoms with Gasteiger partial charge in [-0.05, 0) is 42.3 Å². The fourth-order valence-electron chi connectivity index (χ4n) is 2.10. The van der Waals surface area contributed by atoms with Crippen molar-refractivity contribution >= 4 is 0 Å². The number of methoxy groups -OCH3 is 1. The number of halogens is 1. The van der Waals surface area contributed by atoms with Gasteiger partial charge in [-0.25, -0.2) is 4.39 Å². The molecule has 0 aliphatic heterocycles. The molecule has 0 saturated carbocycles. The lowest BCUT2D eigenvalue weighted by Gasteiger charge is -2.13. The van der Waals surface area contributed by atoms with Crippen LogP contribution in [0.5, 0.6) is 5.75 Å². The first-order chi connectivity index (χ1) is 9.76. The molecule has 4 heteroatoms. The van der Waals surface area contributed by atoms with Crippen molar-refractivity contribution in [3.8, 4) is 16.9 Å². The zero-order valence-corrected chi connectivity index (χ0v) is 11.8. The summed E-state index contributed by atoms with van der Waals surface area (Å²) in [6.45, 7) is 3.72. The third-order valence-corrected chi connectivity index (χ3v) is 3.12. The molecule has 20 heavy (non-hydrogen) atoms. The topological polar surface area (TPSA) is 34.1 Å². The Kier molecular flexibility index (Phi) is 5.07. The van der Waals surface area contributed by atoms with E-state index in [-0.39, 0.29) is 5.82 Å². The van der Waals surface area contributed by atoms with E-state index in [1.165, 1.54) is 6.20 Å². The largest absolute Gasteiger partial charge is 0.497 e. The summed E-state index contributed by atoms with van der Waals surface area (Å²) in [5.41, 5.74) is 2.45. The van der Waals surface area contributed by atoms with Gasteiger partial charge in [0.1, 0.15) is 11.6 Å². The molecule has 0 amide bonds. The Morgan fingerprint density at radius 1 is 1.25 bits per heavy atom. The lowest BCUT2D eigenvalue weighted by Crippen LogP contribution is -2.14. The zero-order valence-electron chi connectivity index (χ0n) is 11.8. The third kappa shape index (κ3) is 3.33. The molecular weight excluding hydrogens is 255 g/mol. The van der Waals surface area contributed by atoms with Crippen molar-refractivity contribution in [2.24, 2.45) is 0 Å². The number of nitrogens with one attached hydrogen (secondary N) is 1. The molecule has 0 fully saturated rings. The first kappa shape index (κ1) is 14.5. The summed E-state index contributed by atoms with van der Waals surface area (Å²) in [5.74, 6) is 0.464. The number of nitrogens with zero attached hydrogens (tertiary/aromatic N) is 1. The Labute approximate surface area is 118 Å². The minimum atomic E-state index is -0.311. The number of aromatic nitrogens is 1. The minimum Gasteiger partial charge on any atom is -0.497 e. The lowest BCUT2D eigenvalue weighted by atomic mass is 9.99. The fraction of sp³-hybridized carbons (Fsp3) is 0.312. The second kappa shape index (κ2) is 7.01. The molecule has 0 atom stereocenters. The molecule has 1 aromatic carbocycles. The van der Waals surface area contributed by atoms with E-state index in [9.17, 15) is 4.39 Å². The van der Waals surface area contributed by atoms with Crippen LogP contribution in [0, 0.1) is 5.82 Å². The van der Waals surface area contributed by atoms with E-state index in [1.54, 1.807) is 19.4 Å². The molecule has 1 heterocycles. The molecule has 0 saturated heterocycles. The van der Waals surface area contributed by atoms with Gasteiger partial charge in [-0.15, -0.1) is 0 Å². The fourth-order valence-corrected chi connectivity index (χ4v) is 2.10. The molecule has 2 rings (SSSR count). The van der Waals surface area contributed by atoms with Crippen LogP contribution in [0.15, 0.2) is 36.7 Å². The molecule has 0 bridgehead atoms. The molecule has 0 aliphatic rings. The number of hydrogen-bond acceptors (Lipinski definition) is 3. The Bertz CT molecular complexity index is 572. The van der Waals surface area contributed by atoms with Crippen molar-refractivity contribution < 1.29 is 9.13 Å². The molecule has 1 N–H and O–H groups in total. The Hall–Kier alpha value is -1.94. The lowest BCUT2D eigenvalue weighted by molar-refractivity contribution is 0.414. The van der Waals surface area contributed by atoms with Gasteiger partial charge in [0, 0.05) is 18.3 Å². The summed E-state index contributed by atoms with van der Waals surface area (Å²) in [7, 11) is 1.63. The van der Waals surface area contributed by atoms with Crippen molar-refractivity contribution in [1.82, 2.24) is 10.3 Å². The van der Waals surface area contributed by atoms with Crippen LogP contribution in [0.4, 0.5) is 4.39 Å². The second-order valence-electron chi connectivity index (χ2n) is 4.56. The van der Waals surface area contributed by atoms with Gasteiger partial charge in [0.05, 0.1) is 13.3 Å². The molecular formula is C16H19FN2O. The van der Waals surface area contributed by atoms with E-state index in [1.807, 2.05) is 18.2 Å². The maximum atomic E-state index is 13.9. The van der Waals surface area contributed by atoms with Gasteiger partial charge in [0.2, 0.25) is 0 Å². The van der Waals surface area contributed by atoms with Gasteiger partial charge >= 0.3 is 0 Å². The van der Waals surface area contributed by atoms with Crippen LogP contribution < -0.4 is 10.1 Å². The maximum absolute atomic E-state index is 13.9. The molecule has 3 nitrogen and oxygen atoms in total. The second-order valence-corrected chi connectivity index (χ2v) is 4.56. The third-order valence-electron chi connectivity index (χ3n) is 3.12. The van der Waals surface area contributed by atoms with Crippen molar-refractivity contribution in [2.75, 3.05) is 13.7 Å². The predicted octanol–water partition coefficient (Wildman–Crippen LogP) is 3.40. The highest BCUT2D eigenvalue weighted by Crippen LogP contribution is 2.28. The van der Waals surface area contributed by atoms with Gasteiger partial charge in [0.25, 0.3) is 0 Å². The van der Waals surface area contributed by atoms with E-state index in [2.05, 4.69) is 17.2 Å². The average Bonchev–Trinajstić information content (AvgIpc) is 2.48. The Morgan fingerprint density at radius 3 is 2.80 bits per heavy atom. The first-order valence-electron chi connectivity index (χ1n) is 6.73. The quantitative estimate of drug-likeness (QED) is 0.820. The highest BCUT2D eigenvalue weighted by Gasteiger charge is 2.10. The summed E-state index contributed by atoms with van der Waals surface area (Å²) >= 11 is 0. The average molecular weight is 274 g/mol. The van der Waals surface area contributed by atoms with E-state index < -0.39 is 0 Å². The standard InChI is InChI=1S/C16H19FN2O/c1-3-7-18-10-12-9-13(20-2)4-5-14(12)15-6-8-19-11-16(15)17/h4-6,8-9,11,18H,3,7,10H2,1-2H3. The van der Waals surface area contributed by atoms with Crippen LogP contribution >= 0.6 is 0 Å². The summed E-state index contributed by atoms with van der Waals surface area (Å²) in [6, 6.07) is 7.37. The van der Waals surface area contributed by atoms with Gasteiger partial charge in [-0.2, -0.15) is 0 Å². The molecule has 2 aromatic rings. The number of rotatable bonds is 6. The number of pyridine rings is 1. The Balaban J connectivity index is 2.38. The van der Waals surface area contributed by atoms with Crippen LogP contribution in [0.3, 0.4) is 0 Å². The maximum Gasteiger partial charge on any atom is 0.149 e. The highest BCUT2D eigenvalue weighted by atomic mass is 19.1.